The Morgan fingerprint density at radius 1 is 1.33 bits per heavy atom. The molecule has 0 saturated heterocycles. The summed E-state index contributed by atoms with van der Waals surface area (Å²) in [6.07, 6.45) is 1.34. The number of rotatable bonds is 5. The minimum Gasteiger partial charge on any atom is -0.294 e. The van der Waals surface area contributed by atoms with Crippen molar-refractivity contribution < 1.29 is 9.72 Å². The van der Waals surface area contributed by atoms with Gasteiger partial charge in [-0.15, -0.1) is 0 Å². The highest BCUT2D eigenvalue weighted by molar-refractivity contribution is 5.98. The predicted octanol–water partition coefficient (Wildman–Crippen LogP) is 2.50. The van der Waals surface area contributed by atoms with Crippen LogP contribution in [0.1, 0.15) is 42.8 Å². The number of aryl methyl sites for hydroxylation is 2. The summed E-state index contributed by atoms with van der Waals surface area (Å²) in [5, 5.41) is 15.2. The number of non-ortho nitro benzene ring substituents is 1. The van der Waals surface area contributed by atoms with E-state index in [4.69, 9.17) is 0 Å². The molecule has 1 aromatic carbocycles. The van der Waals surface area contributed by atoms with Gasteiger partial charge in [0.25, 0.3) is 5.69 Å². The van der Waals surface area contributed by atoms with Gasteiger partial charge in [-0.05, 0) is 13.0 Å². The molecule has 21 heavy (non-hydrogen) atoms. The van der Waals surface area contributed by atoms with E-state index in [2.05, 4.69) is 10.1 Å². The Hall–Kier alpha value is -2.57. The van der Waals surface area contributed by atoms with E-state index in [1.54, 1.807) is 10.7 Å². The van der Waals surface area contributed by atoms with Crippen molar-refractivity contribution in [2.24, 2.45) is 0 Å². The number of aromatic nitrogens is 3. The maximum absolute atomic E-state index is 11.8. The summed E-state index contributed by atoms with van der Waals surface area (Å²) in [5.74, 6) is 1.16. The molecule has 0 aliphatic rings. The zero-order valence-electron chi connectivity index (χ0n) is 12.2. The molecule has 1 aromatic heterocycles. The smallest absolute Gasteiger partial charge is 0.270 e. The van der Waals surface area contributed by atoms with Crippen LogP contribution in [-0.4, -0.2) is 25.5 Å². The molecule has 110 valence electrons. The Morgan fingerprint density at radius 3 is 2.57 bits per heavy atom. The third-order valence-electron chi connectivity index (χ3n) is 3.15. The van der Waals surface area contributed by atoms with Crippen LogP contribution in [0.3, 0.4) is 0 Å². The van der Waals surface area contributed by atoms with Gasteiger partial charge in [0.05, 0.1) is 10.6 Å². The predicted molar refractivity (Wildman–Crippen MR) is 76.8 cm³/mol. The normalized spacial score (nSPS) is 10.6. The van der Waals surface area contributed by atoms with E-state index in [9.17, 15) is 14.9 Å². The number of hydrogen-bond donors (Lipinski definition) is 0. The third-order valence-corrected chi connectivity index (χ3v) is 3.15. The molecule has 0 fully saturated rings. The Morgan fingerprint density at radius 2 is 2.05 bits per heavy atom. The first-order chi connectivity index (χ1) is 9.97. The fourth-order valence-electron chi connectivity index (χ4n) is 2.07. The summed E-state index contributed by atoms with van der Waals surface area (Å²) in [6, 6.07) is 4.20. The van der Waals surface area contributed by atoms with E-state index < -0.39 is 4.92 Å². The van der Waals surface area contributed by atoms with E-state index in [0.717, 1.165) is 5.82 Å². The Kier molecular flexibility index (Phi) is 4.11. The van der Waals surface area contributed by atoms with E-state index in [1.807, 2.05) is 13.8 Å². The molecule has 2 rings (SSSR count). The summed E-state index contributed by atoms with van der Waals surface area (Å²) >= 11 is 0. The van der Waals surface area contributed by atoms with Crippen molar-refractivity contribution in [3.63, 3.8) is 0 Å². The molecule has 7 heteroatoms. The van der Waals surface area contributed by atoms with Gasteiger partial charge in [0.1, 0.15) is 5.82 Å². The van der Waals surface area contributed by atoms with Crippen LogP contribution >= 0.6 is 0 Å². The minimum absolute atomic E-state index is 0.113. The van der Waals surface area contributed by atoms with Crippen molar-refractivity contribution in [3.05, 3.63) is 45.5 Å². The molecule has 0 N–H and O–H groups in total. The molecule has 0 radical (unpaired) electrons. The van der Waals surface area contributed by atoms with Gasteiger partial charge in [0.2, 0.25) is 0 Å². The lowest BCUT2D eigenvalue weighted by Gasteiger charge is -2.08. The first kappa shape index (κ1) is 14.8. The summed E-state index contributed by atoms with van der Waals surface area (Å²) in [7, 11) is 0. The molecule has 0 atom stereocenters. The lowest BCUT2D eigenvalue weighted by Crippen LogP contribution is -2.09. The van der Waals surface area contributed by atoms with Crippen LogP contribution in [0.2, 0.25) is 0 Å². The van der Waals surface area contributed by atoms with Gasteiger partial charge in [-0.3, -0.25) is 14.9 Å². The average molecular weight is 288 g/mol. The van der Waals surface area contributed by atoms with Gasteiger partial charge in [-0.25, -0.2) is 9.67 Å². The molecular formula is C14H16N4O3. The topological polar surface area (TPSA) is 90.9 Å². The van der Waals surface area contributed by atoms with Crippen LogP contribution in [0.15, 0.2) is 18.2 Å². The third kappa shape index (κ3) is 2.81. The highest BCUT2D eigenvalue weighted by Crippen LogP contribution is 2.22. The number of nitro groups is 1. The second kappa shape index (κ2) is 5.82. The van der Waals surface area contributed by atoms with Gasteiger partial charge in [0.15, 0.2) is 11.6 Å². The van der Waals surface area contributed by atoms with Crippen LogP contribution in [0, 0.1) is 10.1 Å². The summed E-state index contributed by atoms with van der Waals surface area (Å²) < 4.78 is 1.60. The van der Waals surface area contributed by atoms with Gasteiger partial charge in [0, 0.05) is 30.5 Å². The van der Waals surface area contributed by atoms with Gasteiger partial charge >= 0.3 is 0 Å². The minimum atomic E-state index is -0.518. The first-order valence-electron chi connectivity index (χ1n) is 6.72. The second-order valence-corrected chi connectivity index (χ2v) is 4.58. The number of hydrogen-bond acceptors (Lipinski definition) is 5. The zero-order valence-corrected chi connectivity index (χ0v) is 12.2. The average Bonchev–Trinajstić information content (AvgIpc) is 2.89. The van der Waals surface area contributed by atoms with Crippen LogP contribution in [-0.2, 0) is 12.8 Å². The van der Waals surface area contributed by atoms with Crippen LogP contribution in [0.5, 0.6) is 0 Å². The monoisotopic (exact) mass is 288 g/mol. The lowest BCUT2D eigenvalue weighted by molar-refractivity contribution is -0.384. The Labute approximate surface area is 121 Å². The first-order valence-corrected chi connectivity index (χ1v) is 6.72. The molecule has 7 nitrogen and oxygen atoms in total. The number of carbonyl (C=O) groups is 1. The van der Waals surface area contributed by atoms with E-state index in [-0.39, 0.29) is 17.0 Å². The van der Waals surface area contributed by atoms with Crippen molar-refractivity contribution in [2.45, 2.75) is 33.6 Å². The van der Waals surface area contributed by atoms with E-state index in [1.165, 1.54) is 19.1 Å². The zero-order chi connectivity index (χ0) is 15.6. The molecule has 2 aromatic rings. The number of benzene rings is 1. The molecule has 0 bridgehead atoms. The number of nitrogens with zero attached hydrogens (tertiary/aromatic N) is 4. The summed E-state index contributed by atoms with van der Waals surface area (Å²) in [4.78, 5) is 26.5. The lowest BCUT2D eigenvalue weighted by atomic mass is 10.1. The number of Topliss-reactive ketones (excluding diaryl/α,β-unsaturated/α-hetero) is 1. The van der Waals surface area contributed by atoms with Crippen molar-refractivity contribution in [3.8, 4) is 5.69 Å². The van der Waals surface area contributed by atoms with Crippen molar-refractivity contribution >= 4 is 11.5 Å². The van der Waals surface area contributed by atoms with Crippen LogP contribution in [0.4, 0.5) is 5.69 Å². The molecule has 0 spiro atoms. The molecule has 1 heterocycles. The fraction of sp³-hybridized carbons (Fsp3) is 0.357. The van der Waals surface area contributed by atoms with Gasteiger partial charge in [-0.2, -0.15) is 5.10 Å². The molecular weight excluding hydrogens is 272 g/mol. The number of carbonyl (C=O) groups excluding carboxylic acids is 1. The van der Waals surface area contributed by atoms with E-state index >= 15 is 0 Å². The summed E-state index contributed by atoms with van der Waals surface area (Å²) in [5.41, 5.74) is 0.682. The SMILES string of the molecule is CCc1nc(CC)n(-c2ccc([N+](=O)[O-])cc2C(C)=O)n1. The number of nitro benzene ring substituents is 1. The quantitative estimate of drug-likeness (QED) is 0.479. The van der Waals surface area contributed by atoms with Crippen molar-refractivity contribution in [1.82, 2.24) is 14.8 Å². The van der Waals surface area contributed by atoms with Crippen molar-refractivity contribution in [1.29, 1.82) is 0 Å². The second-order valence-electron chi connectivity index (χ2n) is 4.58. The maximum Gasteiger partial charge on any atom is 0.270 e. The fourth-order valence-corrected chi connectivity index (χ4v) is 2.07. The van der Waals surface area contributed by atoms with Gasteiger partial charge in [-0.1, -0.05) is 13.8 Å². The molecule has 0 amide bonds. The van der Waals surface area contributed by atoms with E-state index in [0.29, 0.717) is 24.4 Å². The number of ketones is 1. The van der Waals surface area contributed by atoms with Crippen molar-refractivity contribution in [2.75, 3.05) is 0 Å². The van der Waals surface area contributed by atoms with Crippen LogP contribution in [0.25, 0.3) is 5.69 Å². The standard InChI is InChI=1S/C14H16N4O3/c1-4-13-15-14(5-2)17(16-13)12-7-6-10(18(20)21)8-11(12)9(3)19/h6-8H,4-5H2,1-3H3. The highest BCUT2D eigenvalue weighted by atomic mass is 16.6. The Bertz CT molecular complexity index is 706. The largest absolute Gasteiger partial charge is 0.294 e. The molecule has 0 unspecified atom stereocenters. The highest BCUT2D eigenvalue weighted by Gasteiger charge is 2.18. The van der Waals surface area contributed by atoms with Gasteiger partial charge < -0.3 is 0 Å². The molecule has 0 saturated carbocycles. The molecule has 0 aliphatic carbocycles. The molecule has 0 aliphatic heterocycles. The maximum atomic E-state index is 11.8. The summed E-state index contributed by atoms with van der Waals surface area (Å²) in [6.45, 7) is 5.27. The Balaban J connectivity index is 2.65. The van der Waals surface area contributed by atoms with Crippen LogP contribution < -0.4 is 0 Å².